The molecular weight excluding hydrogens is 280 g/mol. The first-order chi connectivity index (χ1) is 10.8. The zero-order valence-electron chi connectivity index (χ0n) is 13.0. The molecule has 1 heterocycles. The van der Waals surface area contributed by atoms with Gasteiger partial charge in [-0.15, -0.1) is 0 Å². The third-order valence-corrected chi connectivity index (χ3v) is 3.54. The number of amides is 2. The van der Waals surface area contributed by atoms with E-state index in [1.165, 1.54) is 0 Å². The predicted molar refractivity (Wildman–Crippen MR) is 87.9 cm³/mol. The summed E-state index contributed by atoms with van der Waals surface area (Å²) in [5.74, 6) is 0.777. The van der Waals surface area contributed by atoms with E-state index in [1.54, 1.807) is 13.3 Å². The van der Waals surface area contributed by atoms with Gasteiger partial charge in [0.1, 0.15) is 5.75 Å². The van der Waals surface area contributed by atoms with Crippen molar-refractivity contribution in [3.05, 3.63) is 36.0 Å². The summed E-state index contributed by atoms with van der Waals surface area (Å²) in [5.41, 5.74) is 0.922. The van der Waals surface area contributed by atoms with Gasteiger partial charge < -0.3 is 20.7 Å². The van der Waals surface area contributed by atoms with Crippen molar-refractivity contribution < 1.29 is 9.53 Å². The highest BCUT2D eigenvalue weighted by molar-refractivity contribution is 5.76. The molecule has 1 fully saturated rings. The van der Waals surface area contributed by atoms with Crippen molar-refractivity contribution in [1.29, 1.82) is 0 Å². The Morgan fingerprint density at radius 3 is 2.91 bits per heavy atom. The van der Waals surface area contributed by atoms with Crippen molar-refractivity contribution in [2.24, 2.45) is 0 Å². The minimum atomic E-state index is -0.193. The molecule has 0 unspecified atom stereocenters. The van der Waals surface area contributed by atoms with Crippen molar-refractivity contribution in [2.75, 3.05) is 46.4 Å². The van der Waals surface area contributed by atoms with Gasteiger partial charge in [0.2, 0.25) is 0 Å². The molecule has 6 heteroatoms. The van der Waals surface area contributed by atoms with Crippen molar-refractivity contribution in [3.8, 4) is 5.75 Å². The molecule has 22 heavy (non-hydrogen) atoms. The number of hydrogen-bond donors (Lipinski definition) is 3. The van der Waals surface area contributed by atoms with E-state index in [0.717, 1.165) is 44.0 Å². The van der Waals surface area contributed by atoms with Crippen LogP contribution < -0.4 is 20.7 Å². The number of carbonyl (C=O) groups excluding carboxylic acids is 1. The van der Waals surface area contributed by atoms with Gasteiger partial charge >= 0.3 is 6.03 Å². The summed E-state index contributed by atoms with van der Waals surface area (Å²) in [5, 5.41) is 8.86. The molecule has 1 aromatic carbocycles. The molecule has 6 nitrogen and oxygen atoms in total. The topological polar surface area (TPSA) is 65.6 Å². The molecular formula is C16H24N4O2. The lowest BCUT2D eigenvalue weighted by atomic mass is 10.2. The van der Waals surface area contributed by atoms with Crippen LogP contribution in [-0.4, -0.2) is 57.3 Å². The molecule has 0 aromatic heterocycles. The summed E-state index contributed by atoms with van der Waals surface area (Å²) in [6.07, 6.45) is 3.44. The summed E-state index contributed by atoms with van der Waals surface area (Å²) in [4.78, 5) is 14.0. The van der Waals surface area contributed by atoms with Gasteiger partial charge in [-0.1, -0.05) is 18.2 Å². The molecule has 0 saturated carbocycles. The first-order valence-corrected chi connectivity index (χ1v) is 7.56. The van der Waals surface area contributed by atoms with Crippen LogP contribution in [-0.2, 0) is 0 Å². The molecule has 0 spiro atoms. The SMILES string of the molecule is COc1ccccc1/C=C/NC(=O)NCCN1CCNCC1. The Labute approximate surface area is 131 Å². The van der Waals surface area contributed by atoms with Crippen molar-refractivity contribution in [3.63, 3.8) is 0 Å². The molecule has 0 atom stereocenters. The van der Waals surface area contributed by atoms with E-state index in [0.29, 0.717) is 6.54 Å². The Bertz CT molecular complexity index is 499. The number of nitrogens with one attached hydrogen (secondary N) is 3. The van der Waals surface area contributed by atoms with Crippen molar-refractivity contribution in [1.82, 2.24) is 20.9 Å². The Morgan fingerprint density at radius 1 is 1.36 bits per heavy atom. The fourth-order valence-electron chi connectivity index (χ4n) is 2.32. The smallest absolute Gasteiger partial charge is 0.318 e. The number of piperazine rings is 1. The second-order valence-corrected chi connectivity index (χ2v) is 5.07. The number of rotatable bonds is 6. The summed E-state index contributed by atoms with van der Waals surface area (Å²) < 4.78 is 5.24. The zero-order valence-corrected chi connectivity index (χ0v) is 13.0. The molecule has 2 rings (SSSR count). The third-order valence-electron chi connectivity index (χ3n) is 3.54. The molecule has 2 amide bonds. The number of carbonyl (C=O) groups is 1. The molecule has 1 saturated heterocycles. The Morgan fingerprint density at radius 2 is 2.14 bits per heavy atom. The fraction of sp³-hybridized carbons (Fsp3) is 0.438. The van der Waals surface area contributed by atoms with Crippen LogP contribution in [0.1, 0.15) is 5.56 Å². The number of para-hydroxylation sites is 1. The summed E-state index contributed by atoms with van der Waals surface area (Å²) in [6.45, 7) is 5.65. The van der Waals surface area contributed by atoms with Crippen LogP contribution in [0.25, 0.3) is 6.08 Å². The number of hydrogen-bond acceptors (Lipinski definition) is 4. The normalized spacial score (nSPS) is 15.7. The first kappa shape index (κ1) is 16.3. The predicted octanol–water partition coefficient (Wildman–Crippen LogP) is 0.870. The van der Waals surface area contributed by atoms with Crippen LogP contribution in [0.4, 0.5) is 4.79 Å². The van der Waals surface area contributed by atoms with Gasteiger partial charge in [-0.05, 0) is 12.1 Å². The molecule has 1 aromatic rings. The minimum Gasteiger partial charge on any atom is -0.496 e. The lowest BCUT2D eigenvalue weighted by Gasteiger charge is -2.26. The summed E-state index contributed by atoms with van der Waals surface area (Å²) >= 11 is 0. The average molecular weight is 304 g/mol. The molecule has 0 aliphatic carbocycles. The maximum atomic E-state index is 11.7. The van der Waals surface area contributed by atoms with Crippen LogP contribution in [0, 0.1) is 0 Å². The van der Waals surface area contributed by atoms with Crippen LogP contribution >= 0.6 is 0 Å². The van der Waals surface area contributed by atoms with Gasteiger partial charge in [0, 0.05) is 51.0 Å². The van der Waals surface area contributed by atoms with Gasteiger partial charge in [0.15, 0.2) is 0 Å². The first-order valence-electron chi connectivity index (χ1n) is 7.56. The number of methoxy groups -OCH3 is 1. The third kappa shape index (κ3) is 5.38. The van der Waals surface area contributed by atoms with E-state index < -0.39 is 0 Å². The second kappa shape index (κ2) is 9.07. The Hall–Kier alpha value is -2.05. The Kier molecular flexibility index (Phi) is 6.73. The van der Waals surface area contributed by atoms with Gasteiger partial charge in [0.05, 0.1) is 7.11 Å². The number of nitrogens with zero attached hydrogens (tertiary/aromatic N) is 1. The highest BCUT2D eigenvalue weighted by Gasteiger charge is 2.08. The van der Waals surface area contributed by atoms with E-state index in [9.17, 15) is 4.79 Å². The van der Waals surface area contributed by atoms with Gasteiger partial charge in [-0.3, -0.25) is 4.90 Å². The second-order valence-electron chi connectivity index (χ2n) is 5.07. The van der Waals surface area contributed by atoms with Crippen molar-refractivity contribution in [2.45, 2.75) is 0 Å². The van der Waals surface area contributed by atoms with Gasteiger partial charge in [-0.2, -0.15) is 0 Å². The maximum absolute atomic E-state index is 11.7. The van der Waals surface area contributed by atoms with E-state index in [4.69, 9.17) is 4.74 Å². The van der Waals surface area contributed by atoms with Crippen molar-refractivity contribution >= 4 is 12.1 Å². The monoisotopic (exact) mass is 304 g/mol. The van der Waals surface area contributed by atoms with Crippen LogP contribution in [0.5, 0.6) is 5.75 Å². The molecule has 3 N–H and O–H groups in total. The lowest BCUT2D eigenvalue weighted by molar-refractivity contribution is 0.229. The zero-order chi connectivity index (χ0) is 15.6. The number of ether oxygens (including phenoxy) is 1. The molecule has 120 valence electrons. The maximum Gasteiger partial charge on any atom is 0.318 e. The van der Waals surface area contributed by atoms with E-state index in [2.05, 4.69) is 20.9 Å². The van der Waals surface area contributed by atoms with Crippen LogP contribution in [0.2, 0.25) is 0 Å². The number of benzene rings is 1. The van der Waals surface area contributed by atoms with E-state index >= 15 is 0 Å². The Balaban J connectivity index is 1.67. The molecule has 0 bridgehead atoms. The fourth-order valence-corrected chi connectivity index (χ4v) is 2.32. The average Bonchev–Trinajstić information content (AvgIpc) is 2.56. The minimum absolute atomic E-state index is 0.193. The van der Waals surface area contributed by atoms with Crippen LogP contribution in [0.15, 0.2) is 30.5 Å². The van der Waals surface area contributed by atoms with Gasteiger partial charge in [-0.25, -0.2) is 4.79 Å². The molecule has 1 aliphatic rings. The van der Waals surface area contributed by atoms with Crippen LogP contribution in [0.3, 0.4) is 0 Å². The molecule has 1 aliphatic heterocycles. The lowest BCUT2D eigenvalue weighted by Crippen LogP contribution is -2.46. The standard InChI is InChI=1S/C16H24N4O2/c1-22-15-5-3-2-4-14(15)6-7-18-16(21)19-10-13-20-11-8-17-9-12-20/h2-7,17H,8-13H2,1H3,(H2,18,19,21)/b7-6+. The van der Waals surface area contributed by atoms with E-state index in [-0.39, 0.29) is 6.03 Å². The van der Waals surface area contributed by atoms with E-state index in [1.807, 2.05) is 30.3 Å². The summed E-state index contributed by atoms with van der Waals surface area (Å²) in [7, 11) is 1.63. The quantitative estimate of drug-likeness (QED) is 0.730. The summed E-state index contributed by atoms with van der Waals surface area (Å²) in [6, 6.07) is 7.45. The number of urea groups is 1. The highest BCUT2D eigenvalue weighted by atomic mass is 16.5. The molecule has 0 radical (unpaired) electrons. The van der Waals surface area contributed by atoms with Gasteiger partial charge in [0.25, 0.3) is 0 Å². The highest BCUT2D eigenvalue weighted by Crippen LogP contribution is 2.18. The largest absolute Gasteiger partial charge is 0.496 e.